The van der Waals surface area contributed by atoms with Crippen molar-refractivity contribution < 1.29 is 71.2 Å². The zero-order chi connectivity index (χ0) is 6.57. The van der Waals surface area contributed by atoms with E-state index in [1.54, 1.807) is 0 Å². The van der Waals surface area contributed by atoms with Gasteiger partial charge in [-0.1, -0.05) is 0 Å². The van der Waals surface area contributed by atoms with E-state index in [4.69, 9.17) is 10.2 Å². The van der Waals surface area contributed by atoms with E-state index < -0.39 is 11.9 Å². The molecule has 2 N–H and O–H groups in total. The van der Waals surface area contributed by atoms with Gasteiger partial charge in [-0.15, -0.1) is 0 Å². The third kappa shape index (κ3) is 15.8. The molecule has 0 saturated heterocycles. The maximum atomic E-state index is 9.55. The monoisotopic (exact) mass is 170 g/mol. The van der Waals surface area contributed by atoms with Crippen LogP contribution in [0.15, 0.2) is 12.2 Å². The Bertz CT molecular complexity index is 125. The molecule has 0 aromatic rings. The van der Waals surface area contributed by atoms with E-state index in [0.717, 1.165) is 0 Å². The molecule has 0 aromatic heterocycles. The van der Waals surface area contributed by atoms with Gasteiger partial charge in [-0.05, 0) is 0 Å². The topological polar surface area (TPSA) is 74.6 Å². The summed E-state index contributed by atoms with van der Waals surface area (Å²) in [5.74, 6) is -2.51. The molecule has 0 bridgehead atoms. The van der Waals surface area contributed by atoms with Crippen LogP contribution in [0.2, 0.25) is 0 Å². The molecular formula is C5H7KO4. The van der Waals surface area contributed by atoms with Crippen molar-refractivity contribution in [3.05, 3.63) is 19.6 Å². The van der Waals surface area contributed by atoms with Gasteiger partial charge in [0.05, 0.1) is 0 Å². The van der Waals surface area contributed by atoms with Gasteiger partial charge < -0.3 is 17.6 Å². The zero-order valence-electron chi connectivity index (χ0n) is 5.87. The molecule has 10 heavy (non-hydrogen) atoms. The van der Waals surface area contributed by atoms with Gasteiger partial charge in [0, 0.05) is 12.2 Å². The van der Waals surface area contributed by atoms with E-state index in [1.807, 2.05) is 0 Å². The van der Waals surface area contributed by atoms with Gasteiger partial charge >= 0.3 is 63.3 Å². The summed E-state index contributed by atoms with van der Waals surface area (Å²) in [6.07, 6.45) is 1.12. The average Bonchev–Trinajstić information content (AvgIpc) is 1.61. The first-order valence-corrected chi connectivity index (χ1v) is 1.77. The van der Waals surface area contributed by atoms with Crippen molar-refractivity contribution in [2.75, 3.05) is 0 Å². The Morgan fingerprint density at radius 3 is 1.30 bits per heavy atom. The Labute approximate surface area is 101 Å². The van der Waals surface area contributed by atoms with Gasteiger partial charge in [-0.2, -0.15) is 0 Å². The Kier molecular flexibility index (Phi) is 15.6. The van der Waals surface area contributed by atoms with Crippen LogP contribution in [-0.2, 0) is 9.59 Å². The van der Waals surface area contributed by atoms with E-state index in [1.165, 1.54) is 0 Å². The van der Waals surface area contributed by atoms with Crippen LogP contribution in [0.25, 0.3) is 0 Å². The van der Waals surface area contributed by atoms with Gasteiger partial charge in [0.25, 0.3) is 0 Å². The minimum Gasteiger partial charge on any atom is -0.478 e. The summed E-state index contributed by atoms with van der Waals surface area (Å²) in [4.78, 5) is 19.1. The number of carboxylic acid groups (broad SMARTS) is 2. The molecule has 0 amide bonds. The van der Waals surface area contributed by atoms with Gasteiger partial charge in [0.15, 0.2) is 0 Å². The molecule has 0 radical (unpaired) electrons. The molecule has 0 atom stereocenters. The summed E-state index contributed by atoms with van der Waals surface area (Å²) in [6.45, 7) is 0. The molecule has 0 saturated carbocycles. The standard InChI is InChI=1S/C4H4O4.CH3.K/c5-3(6)1-2-4(7)8;;/h1-2H,(H,5,6)(H,7,8);1H3;/q;-1;+1. The largest absolute Gasteiger partial charge is 1.00 e. The molecule has 5 heteroatoms. The van der Waals surface area contributed by atoms with Crippen molar-refractivity contribution in [2.45, 2.75) is 0 Å². The van der Waals surface area contributed by atoms with E-state index >= 15 is 0 Å². The molecule has 0 fully saturated rings. The van der Waals surface area contributed by atoms with Crippen LogP contribution >= 0.6 is 0 Å². The zero-order valence-corrected chi connectivity index (χ0v) is 8.99. The first-order valence-electron chi connectivity index (χ1n) is 1.77. The summed E-state index contributed by atoms with van der Waals surface area (Å²) in [7, 11) is 0. The van der Waals surface area contributed by atoms with Crippen LogP contribution in [-0.4, -0.2) is 22.2 Å². The normalized spacial score (nSPS) is 7.60. The molecule has 52 valence electrons. The summed E-state index contributed by atoms with van der Waals surface area (Å²) in [6, 6.07) is 0. The molecule has 0 aliphatic rings. The second kappa shape index (κ2) is 9.32. The fourth-order valence-corrected chi connectivity index (χ4v) is 0.143. The van der Waals surface area contributed by atoms with E-state index in [0.29, 0.717) is 12.2 Å². The SMILES string of the molecule is O=C(O)C=CC(=O)O.[CH3-].[K+]. The Morgan fingerprint density at radius 2 is 1.20 bits per heavy atom. The minimum absolute atomic E-state index is 0. The molecule has 0 aliphatic carbocycles. The Balaban J connectivity index is -0.000000245. The Morgan fingerprint density at radius 1 is 1.00 bits per heavy atom. The van der Waals surface area contributed by atoms with Crippen molar-refractivity contribution in [2.24, 2.45) is 0 Å². The number of aliphatic carboxylic acids is 2. The maximum absolute atomic E-state index is 9.55. The molecule has 0 aliphatic heterocycles. The van der Waals surface area contributed by atoms with Crippen LogP contribution in [0.3, 0.4) is 0 Å². The molecule has 4 nitrogen and oxygen atoms in total. The second-order valence-corrected chi connectivity index (χ2v) is 1.01. The molecule has 0 unspecified atom stereocenters. The number of rotatable bonds is 2. The van der Waals surface area contributed by atoms with Crippen LogP contribution < -0.4 is 51.4 Å². The van der Waals surface area contributed by atoms with E-state index in [-0.39, 0.29) is 58.8 Å². The van der Waals surface area contributed by atoms with Crippen LogP contribution in [0.4, 0.5) is 0 Å². The predicted octanol–water partition coefficient (Wildman–Crippen LogP) is -2.83. The number of hydrogen-bond acceptors (Lipinski definition) is 2. The fourth-order valence-electron chi connectivity index (χ4n) is 0.143. The van der Waals surface area contributed by atoms with E-state index in [2.05, 4.69) is 0 Å². The molecule has 0 rings (SSSR count). The maximum Gasteiger partial charge on any atom is 1.00 e. The van der Waals surface area contributed by atoms with Gasteiger partial charge in [-0.3, -0.25) is 0 Å². The summed E-state index contributed by atoms with van der Waals surface area (Å²) in [5.41, 5.74) is 0. The Hall–Kier alpha value is 0.316. The van der Waals surface area contributed by atoms with Gasteiger partial charge in [-0.25, -0.2) is 9.59 Å². The fraction of sp³-hybridized carbons (Fsp3) is 0. The van der Waals surface area contributed by atoms with Crippen molar-refractivity contribution in [1.82, 2.24) is 0 Å². The van der Waals surface area contributed by atoms with Crippen molar-refractivity contribution in [3.8, 4) is 0 Å². The van der Waals surface area contributed by atoms with E-state index in [9.17, 15) is 9.59 Å². The van der Waals surface area contributed by atoms with Gasteiger partial charge in [0.2, 0.25) is 0 Å². The first kappa shape index (κ1) is 16.7. The summed E-state index contributed by atoms with van der Waals surface area (Å²) < 4.78 is 0. The minimum atomic E-state index is -1.26. The van der Waals surface area contributed by atoms with Crippen molar-refractivity contribution >= 4 is 11.9 Å². The third-order valence-corrected chi connectivity index (χ3v) is 0.368. The molecule has 0 heterocycles. The second-order valence-electron chi connectivity index (χ2n) is 1.01. The smallest absolute Gasteiger partial charge is 0.478 e. The average molecular weight is 170 g/mol. The van der Waals surface area contributed by atoms with Crippen LogP contribution in [0, 0.1) is 7.43 Å². The number of hydrogen-bond donors (Lipinski definition) is 2. The molecular weight excluding hydrogens is 163 g/mol. The van der Waals surface area contributed by atoms with Crippen molar-refractivity contribution in [3.63, 3.8) is 0 Å². The quantitative estimate of drug-likeness (QED) is 0.266. The molecule has 0 spiro atoms. The van der Waals surface area contributed by atoms with Gasteiger partial charge in [0.1, 0.15) is 0 Å². The summed E-state index contributed by atoms with van der Waals surface area (Å²) in [5, 5.41) is 15.6. The number of carbonyl (C=O) groups is 2. The predicted molar refractivity (Wildman–Crippen MR) is 30.8 cm³/mol. The third-order valence-electron chi connectivity index (χ3n) is 0.368. The number of carboxylic acids is 2. The molecule has 0 aromatic carbocycles. The summed E-state index contributed by atoms with van der Waals surface area (Å²) >= 11 is 0. The van der Waals surface area contributed by atoms with Crippen LogP contribution in [0.5, 0.6) is 0 Å². The van der Waals surface area contributed by atoms with Crippen molar-refractivity contribution in [1.29, 1.82) is 0 Å². The first-order chi connectivity index (χ1) is 3.63. The van der Waals surface area contributed by atoms with Crippen LogP contribution in [0.1, 0.15) is 0 Å².